The van der Waals surface area contributed by atoms with Gasteiger partial charge in [-0.1, -0.05) is 65.7 Å². The number of benzene rings is 4. The zero-order chi connectivity index (χ0) is 39.3. The lowest BCUT2D eigenvalue weighted by atomic mass is 10.2. The molecule has 0 bridgehead atoms. The Balaban J connectivity index is 0.000000240. The van der Waals surface area contributed by atoms with E-state index in [1.54, 1.807) is 24.3 Å². The van der Waals surface area contributed by atoms with Gasteiger partial charge in [0.15, 0.2) is 11.0 Å². The smallest absolute Gasteiger partial charge is 0.302 e. The van der Waals surface area contributed by atoms with E-state index in [9.17, 15) is 25.9 Å². The van der Waals surface area contributed by atoms with Gasteiger partial charge in [0, 0.05) is 7.05 Å². The van der Waals surface area contributed by atoms with Crippen LogP contribution in [0.3, 0.4) is 0 Å². The van der Waals surface area contributed by atoms with Gasteiger partial charge in [-0.2, -0.15) is 5.10 Å². The van der Waals surface area contributed by atoms with Crippen molar-refractivity contribution in [1.29, 1.82) is 0 Å². The maximum atomic E-state index is 10.4. The van der Waals surface area contributed by atoms with Crippen LogP contribution in [0.4, 0.5) is 5.69 Å². The molecule has 0 aliphatic carbocycles. The van der Waals surface area contributed by atoms with Crippen LogP contribution in [0.2, 0.25) is 0 Å². The Morgan fingerprint density at radius 1 is 0.704 bits per heavy atom. The van der Waals surface area contributed by atoms with Crippen LogP contribution in [-0.2, 0) is 47.4 Å². The molecule has 0 radical (unpaired) electrons. The molecule has 2 heterocycles. The molecule has 0 N–H and O–H groups in total. The number of imidazole rings is 2. The highest BCUT2D eigenvalue weighted by molar-refractivity contribution is 7.86. The fourth-order valence-corrected chi connectivity index (χ4v) is 6.54. The van der Waals surface area contributed by atoms with Crippen LogP contribution in [0, 0.1) is 13.8 Å². The molecule has 0 fully saturated rings. The monoisotopic (exact) mass is 772 g/mol. The summed E-state index contributed by atoms with van der Waals surface area (Å²) in [6.07, 6.45) is 13.2. The molecule has 2 aromatic heterocycles. The van der Waals surface area contributed by atoms with Gasteiger partial charge in [-0.05, 0) is 88.1 Å². The maximum absolute atomic E-state index is 10.4. The van der Waals surface area contributed by atoms with Crippen molar-refractivity contribution in [3.05, 3.63) is 139 Å². The summed E-state index contributed by atoms with van der Waals surface area (Å²) >= 11 is 0. The van der Waals surface area contributed by atoms with Crippen molar-refractivity contribution in [2.75, 3.05) is 12.1 Å². The molecule has 0 saturated heterocycles. The average Bonchev–Trinajstić information content (AvgIpc) is 3.68. The Morgan fingerprint density at radius 3 is 1.74 bits per heavy atom. The third kappa shape index (κ3) is 12.5. The van der Waals surface area contributed by atoms with Gasteiger partial charge in [-0.25, -0.2) is 35.1 Å². The fourth-order valence-electron chi connectivity index (χ4n) is 5.61. The molecule has 0 amide bonds. The van der Waals surface area contributed by atoms with E-state index in [-0.39, 0.29) is 9.79 Å². The van der Waals surface area contributed by atoms with E-state index in [0.717, 1.165) is 42.1 Å². The summed E-state index contributed by atoms with van der Waals surface area (Å²) in [5, 5.41) is 6.66. The van der Waals surface area contributed by atoms with E-state index in [1.807, 2.05) is 50.3 Å². The molecule has 54 heavy (non-hydrogen) atoms. The average molecular weight is 773 g/mol. The second-order valence-electron chi connectivity index (χ2n) is 12.9. The van der Waals surface area contributed by atoms with Crippen LogP contribution < -0.4 is 14.1 Å². The number of anilines is 1. The minimum atomic E-state index is -4.27. The number of fused-ring (bicyclic) bond motifs is 1. The minimum absolute atomic E-state index is 0.178. The molecule has 0 atom stereocenters. The van der Waals surface area contributed by atoms with Gasteiger partial charge < -0.3 is 9.11 Å². The highest BCUT2D eigenvalue weighted by Crippen LogP contribution is 2.17. The van der Waals surface area contributed by atoms with Crippen LogP contribution in [0.5, 0.6) is 0 Å². The van der Waals surface area contributed by atoms with E-state index in [1.165, 1.54) is 54.6 Å². The maximum Gasteiger partial charge on any atom is 0.302 e. The molecular formula is C40H48N6O6S2. The molecule has 4 aromatic carbocycles. The fraction of sp³-hybridized carbons (Fsp3) is 0.275. The topological polar surface area (TPSA) is 148 Å². The summed E-state index contributed by atoms with van der Waals surface area (Å²) in [5.41, 5.74) is 5.43. The van der Waals surface area contributed by atoms with Gasteiger partial charge in [0.05, 0.1) is 42.7 Å². The molecule has 6 aromatic rings. The first-order chi connectivity index (χ1) is 25.6. The Hall–Kier alpha value is -5.15. The van der Waals surface area contributed by atoms with Crippen molar-refractivity contribution in [3.8, 4) is 0 Å². The lowest BCUT2D eigenvalue weighted by Crippen LogP contribution is -2.33. The molecule has 0 saturated carbocycles. The summed E-state index contributed by atoms with van der Waals surface area (Å²) in [4.78, 5) is -0.355. The van der Waals surface area contributed by atoms with E-state index >= 15 is 0 Å². The second-order valence-corrected chi connectivity index (χ2v) is 15.7. The quantitative estimate of drug-likeness (QED) is 0.0516. The molecule has 12 nitrogen and oxygen atoms in total. The first-order valence-electron chi connectivity index (χ1n) is 17.5. The number of hydrogen-bond donors (Lipinski definition) is 0. The number of unbranched alkanes of at least 4 members (excludes halogenated alkanes) is 3. The summed E-state index contributed by atoms with van der Waals surface area (Å²) in [6.45, 7) is 5.73. The Morgan fingerprint density at radius 2 is 1.22 bits per heavy atom. The van der Waals surface area contributed by atoms with E-state index in [2.05, 4.69) is 87.5 Å². The predicted molar refractivity (Wildman–Crippen MR) is 208 cm³/mol. The van der Waals surface area contributed by atoms with E-state index in [0.29, 0.717) is 0 Å². The summed E-state index contributed by atoms with van der Waals surface area (Å²) in [7, 11) is -2.36. The Labute approximate surface area is 318 Å². The number of para-hydroxylation sites is 3. The van der Waals surface area contributed by atoms with Gasteiger partial charge in [-0.15, -0.1) is 0 Å². The number of aryl methyl sites for hydroxylation is 6. The van der Waals surface area contributed by atoms with Crippen LogP contribution >= 0.6 is 0 Å². The molecule has 6 rings (SSSR count). The zero-order valence-corrected chi connectivity index (χ0v) is 32.9. The molecular weight excluding hydrogens is 725 g/mol. The van der Waals surface area contributed by atoms with Crippen molar-refractivity contribution in [3.63, 3.8) is 0 Å². The minimum Gasteiger partial charge on any atom is -0.744 e. The summed E-state index contributed by atoms with van der Waals surface area (Å²) in [6, 6.07) is 30.4. The standard InChI is InChI=1S/C26H34N6.2C7H8O3S/c1-28-19-20-31(22-28)17-11-4-5-12-18-32-25-16-10-9-15-24(25)29(2)26(32)21-27-30(3)23-13-7-6-8-14-23;2*1-6-2-4-7(5-3-6)11(8,9)10/h6-10,13-16,19-22H,4-5,11-12,17-18H2,1-3H3;2*2-5H,1H3,(H,8,9,10)/q+2;;/p-2. The number of rotatable bonds is 12. The lowest BCUT2D eigenvalue weighted by Gasteiger charge is -2.11. The van der Waals surface area contributed by atoms with E-state index in [4.69, 9.17) is 5.10 Å². The molecule has 0 spiro atoms. The molecule has 286 valence electrons. The van der Waals surface area contributed by atoms with Gasteiger partial charge in [-0.3, -0.25) is 5.01 Å². The van der Waals surface area contributed by atoms with Crippen molar-refractivity contribution < 1.29 is 35.1 Å². The molecule has 0 aliphatic rings. The third-order valence-electron chi connectivity index (χ3n) is 8.62. The van der Waals surface area contributed by atoms with Crippen LogP contribution in [0.25, 0.3) is 11.0 Å². The van der Waals surface area contributed by atoms with E-state index < -0.39 is 20.2 Å². The van der Waals surface area contributed by atoms with Gasteiger partial charge >= 0.3 is 5.82 Å². The molecule has 0 unspecified atom stereocenters. The molecule has 14 heteroatoms. The zero-order valence-electron chi connectivity index (χ0n) is 31.3. The van der Waals surface area contributed by atoms with Crippen molar-refractivity contribution >= 4 is 43.2 Å². The van der Waals surface area contributed by atoms with Crippen LogP contribution in [0.15, 0.2) is 137 Å². The first kappa shape index (κ1) is 41.6. The van der Waals surface area contributed by atoms with Crippen LogP contribution in [0.1, 0.15) is 42.6 Å². The van der Waals surface area contributed by atoms with Gasteiger partial charge in [0.25, 0.3) is 0 Å². The number of aromatic nitrogens is 4. The normalized spacial score (nSPS) is 11.5. The van der Waals surface area contributed by atoms with Gasteiger partial charge in [0.1, 0.15) is 38.8 Å². The molecule has 0 aliphatic heterocycles. The second kappa shape index (κ2) is 19.3. The summed E-state index contributed by atoms with van der Waals surface area (Å²) in [5.74, 6) is 1.12. The Kier molecular flexibility index (Phi) is 14.8. The lowest BCUT2D eigenvalue weighted by molar-refractivity contribution is -0.671. The van der Waals surface area contributed by atoms with Crippen LogP contribution in [-0.4, -0.2) is 48.3 Å². The van der Waals surface area contributed by atoms with Gasteiger partial charge in [0.2, 0.25) is 6.33 Å². The highest BCUT2D eigenvalue weighted by atomic mass is 32.2. The first-order valence-corrected chi connectivity index (χ1v) is 20.3. The highest BCUT2D eigenvalue weighted by Gasteiger charge is 2.21. The number of nitrogens with zero attached hydrogens (tertiary/aromatic N) is 6. The number of hydrogen-bond acceptors (Lipinski definition) is 8. The summed E-state index contributed by atoms with van der Waals surface area (Å²) < 4.78 is 71.3. The van der Waals surface area contributed by atoms with Crippen molar-refractivity contribution in [2.45, 2.75) is 62.4 Å². The van der Waals surface area contributed by atoms with Crippen molar-refractivity contribution in [2.24, 2.45) is 19.2 Å². The van der Waals surface area contributed by atoms with Crippen molar-refractivity contribution in [1.82, 2.24) is 9.13 Å². The predicted octanol–water partition coefficient (Wildman–Crippen LogP) is 5.62. The SMILES string of the molecule is CN(/N=C/c1n(CCCCCCn2cc[n+](C)c2)c2ccccc2[n+]1C)c1ccccc1.Cc1ccc(S(=O)(=O)[O-])cc1.Cc1ccc(S(=O)(=O)[O-])cc1. The Bertz CT molecular complexity index is 2260. The number of hydrazone groups is 1. The third-order valence-corrected chi connectivity index (χ3v) is 10.3. The largest absolute Gasteiger partial charge is 0.744 e.